The number of hydrogen-bond donors (Lipinski definition) is 0. The molecule has 0 heterocycles. The highest BCUT2D eigenvalue weighted by atomic mass is 16.6. The Morgan fingerprint density at radius 2 is 1.14 bits per heavy atom. The number of methoxy groups -OCH3 is 2. The summed E-state index contributed by atoms with van der Waals surface area (Å²) in [5.41, 5.74) is 1.82. The zero-order chi connectivity index (χ0) is 30.9. The third kappa shape index (κ3) is 5.56. The first-order chi connectivity index (χ1) is 19.9. The van der Waals surface area contributed by atoms with E-state index in [1.54, 1.807) is 43.3 Å². The van der Waals surface area contributed by atoms with E-state index in [4.69, 9.17) is 28.4 Å². The van der Waals surface area contributed by atoms with Crippen molar-refractivity contribution in [3.8, 4) is 45.6 Å². The fourth-order valence-corrected chi connectivity index (χ4v) is 5.07. The summed E-state index contributed by atoms with van der Waals surface area (Å²) in [7, 11) is 2.95. The van der Waals surface area contributed by atoms with Crippen LogP contribution in [-0.4, -0.2) is 38.1 Å². The first-order valence-corrected chi connectivity index (χ1v) is 12.9. The van der Waals surface area contributed by atoms with Crippen LogP contribution < -0.4 is 28.4 Å². The molecule has 0 bridgehead atoms. The fourth-order valence-electron chi connectivity index (χ4n) is 5.07. The summed E-state index contributed by atoms with van der Waals surface area (Å²) < 4.78 is 34.3. The molecule has 0 saturated carbocycles. The minimum Gasteiger partial charge on any atom is -0.496 e. The van der Waals surface area contributed by atoms with E-state index in [2.05, 4.69) is 0 Å². The molecule has 0 atom stereocenters. The number of fused-ring (bicyclic) bond motifs is 2. The Balaban J connectivity index is 2.33. The molecule has 0 unspecified atom stereocenters. The van der Waals surface area contributed by atoms with Gasteiger partial charge >= 0.3 is 23.9 Å². The van der Waals surface area contributed by atoms with Crippen molar-refractivity contribution in [2.75, 3.05) is 14.2 Å². The van der Waals surface area contributed by atoms with E-state index in [0.29, 0.717) is 33.4 Å². The molecule has 0 aliphatic heterocycles. The molecule has 4 aromatic carbocycles. The van der Waals surface area contributed by atoms with Gasteiger partial charge in [0, 0.05) is 55.2 Å². The molecule has 0 saturated heterocycles. The van der Waals surface area contributed by atoms with Crippen LogP contribution in [0.3, 0.4) is 0 Å². The van der Waals surface area contributed by atoms with Gasteiger partial charge in [-0.1, -0.05) is 12.1 Å². The molecule has 0 amide bonds. The van der Waals surface area contributed by atoms with Crippen LogP contribution in [0.5, 0.6) is 34.5 Å². The number of ether oxygens (including phenoxy) is 6. The van der Waals surface area contributed by atoms with Crippen LogP contribution in [0, 0.1) is 13.8 Å². The Labute approximate surface area is 242 Å². The van der Waals surface area contributed by atoms with Gasteiger partial charge in [-0.2, -0.15) is 0 Å². The zero-order valence-electron chi connectivity index (χ0n) is 24.5. The average Bonchev–Trinajstić information content (AvgIpc) is 2.88. The Hall–Kier alpha value is -5.12. The second kappa shape index (κ2) is 11.8. The Bertz CT molecular complexity index is 1780. The molecule has 0 aliphatic rings. The van der Waals surface area contributed by atoms with E-state index in [9.17, 15) is 19.2 Å². The molecule has 4 rings (SSSR count). The minimum absolute atomic E-state index is 0.0254. The minimum atomic E-state index is -0.655. The van der Waals surface area contributed by atoms with Gasteiger partial charge in [0.25, 0.3) is 0 Å². The van der Waals surface area contributed by atoms with Gasteiger partial charge in [-0.05, 0) is 43.7 Å². The molecule has 42 heavy (non-hydrogen) atoms. The van der Waals surface area contributed by atoms with Gasteiger partial charge in [-0.25, -0.2) is 0 Å². The highest BCUT2D eigenvalue weighted by molar-refractivity contribution is 6.11. The van der Waals surface area contributed by atoms with Crippen LogP contribution in [0.15, 0.2) is 36.4 Å². The number of hydrogen-bond acceptors (Lipinski definition) is 10. The average molecular weight is 575 g/mol. The lowest BCUT2D eigenvalue weighted by Gasteiger charge is -2.23. The molecule has 0 spiro atoms. The van der Waals surface area contributed by atoms with Gasteiger partial charge in [-0.15, -0.1) is 0 Å². The number of aryl methyl sites for hydroxylation is 1. The maximum Gasteiger partial charge on any atom is 0.308 e. The Morgan fingerprint density at radius 1 is 0.571 bits per heavy atom. The zero-order valence-corrected chi connectivity index (χ0v) is 24.5. The number of carbonyl (C=O) groups is 4. The number of esters is 4. The molecule has 218 valence electrons. The quantitative estimate of drug-likeness (QED) is 0.192. The molecule has 0 aromatic heterocycles. The fraction of sp³-hybridized carbons (Fsp3) is 0.250. The molecule has 10 nitrogen and oxygen atoms in total. The van der Waals surface area contributed by atoms with Crippen molar-refractivity contribution >= 4 is 45.4 Å². The highest BCUT2D eigenvalue weighted by Crippen LogP contribution is 2.54. The van der Waals surface area contributed by atoms with Crippen molar-refractivity contribution in [2.24, 2.45) is 0 Å². The van der Waals surface area contributed by atoms with E-state index in [1.165, 1.54) is 41.9 Å². The molecule has 4 aromatic rings. The van der Waals surface area contributed by atoms with Crippen LogP contribution in [0.1, 0.15) is 38.8 Å². The normalized spacial score (nSPS) is 10.8. The predicted octanol–water partition coefficient (Wildman–Crippen LogP) is 6.00. The molecule has 0 N–H and O–H groups in total. The van der Waals surface area contributed by atoms with Gasteiger partial charge < -0.3 is 28.4 Å². The number of benzene rings is 4. The smallest absolute Gasteiger partial charge is 0.308 e. The standard InChI is InChI=1S/C32H30O10/c1-15-12-22-25(37-7)14-23(31(41-19(5)35)29(22)26(13-15)40-18(4)34)27-16(2)30(38-8)21-10-9-11-24(39-17(3)33)28(21)32(27)42-20(6)36/h9-14H,1-8H3. The summed E-state index contributed by atoms with van der Waals surface area (Å²) in [5.74, 6) is -1.43. The lowest BCUT2D eigenvalue weighted by molar-refractivity contribution is -0.133. The van der Waals surface area contributed by atoms with Gasteiger partial charge in [0.2, 0.25) is 0 Å². The van der Waals surface area contributed by atoms with Crippen molar-refractivity contribution in [1.29, 1.82) is 0 Å². The summed E-state index contributed by atoms with van der Waals surface area (Å²) in [4.78, 5) is 49.2. The summed E-state index contributed by atoms with van der Waals surface area (Å²) in [5, 5.41) is 1.57. The SMILES string of the molecule is COc1cc(-c2c(C)c(OC)c3cccc(OC(C)=O)c3c2OC(C)=O)c(OC(C)=O)c2c(OC(C)=O)cc(C)cc12. The summed E-state index contributed by atoms with van der Waals surface area (Å²) in [6.07, 6.45) is 0. The predicted molar refractivity (Wildman–Crippen MR) is 155 cm³/mol. The first-order valence-electron chi connectivity index (χ1n) is 12.9. The van der Waals surface area contributed by atoms with Crippen molar-refractivity contribution in [1.82, 2.24) is 0 Å². The Kier molecular flexibility index (Phi) is 8.37. The third-order valence-electron chi connectivity index (χ3n) is 6.39. The molecular formula is C32H30O10. The van der Waals surface area contributed by atoms with Gasteiger partial charge in [0.05, 0.1) is 25.0 Å². The van der Waals surface area contributed by atoms with Crippen molar-refractivity contribution in [3.05, 3.63) is 47.5 Å². The van der Waals surface area contributed by atoms with Crippen molar-refractivity contribution < 1.29 is 47.6 Å². The summed E-state index contributed by atoms with van der Waals surface area (Å²) in [6, 6.07) is 10.0. The molecule has 0 radical (unpaired) electrons. The van der Waals surface area contributed by atoms with Crippen LogP contribution >= 0.6 is 0 Å². The monoisotopic (exact) mass is 574 g/mol. The Morgan fingerprint density at radius 3 is 1.71 bits per heavy atom. The summed E-state index contributed by atoms with van der Waals surface area (Å²) in [6.45, 7) is 8.55. The maximum absolute atomic E-state index is 12.5. The van der Waals surface area contributed by atoms with Crippen LogP contribution in [0.2, 0.25) is 0 Å². The highest BCUT2D eigenvalue weighted by Gasteiger charge is 2.30. The van der Waals surface area contributed by atoms with E-state index in [1.807, 2.05) is 6.92 Å². The first kappa shape index (κ1) is 29.9. The molecule has 0 fully saturated rings. The number of carbonyl (C=O) groups excluding carboxylic acids is 4. The van der Waals surface area contributed by atoms with Gasteiger partial charge in [0.1, 0.15) is 23.0 Å². The van der Waals surface area contributed by atoms with Gasteiger partial charge in [0.15, 0.2) is 11.5 Å². The van der Waals surface area contributed by atoms with Crippen LogP contribution in [0.4, 0.5) is 0 Å². The lowest BCUT2D eigenvalue weighted by atomic mass is 9.90. The maximum atomic E-state index is 12.5. The van der Waals surface area contributed by atoms with Gasteiger partial charge in [-0.3, -0.25) is 19.2 Å². The van der Waals surface area contributed by atoms with E-state index in [-0.39, 0.29) is 39.3 Å². The number of rotatable bonds is 7. The second-order valence-electron chi connectivity index (χ2n) is 9.56. The topological polar surface area (TPSA) is 124 Å². The molecular weight excluding hydrogens is 544 g/mol. The van der Waals surface area contributed by atoms with Crippen LogP contribution in [0.25, 0.3) is 32.7 Å². The van der Waals surface area contributed by atoms with E-state index < -0.39 is 23.9 Å². The van der Waals surface area contributed by atoms with Crippen molar-refractivity contribution in [3.63, 3.8) is 0 Å². The van der Waals surface area contributed by atoms with E-state index in [0.717, 1.165) is 5.56 Å². The largest absolute Gasteiger partial charge is 0.496 e. The summed E-state index contributed by atoms with van der Waals surface area (Å²) >= 11 is 0. The lowest BCUT2D eigenvalue weighted by Crippen LogP contribution is -2.10. The molecule has 10 heteroatoms. The second-order valence-corrected chi connectivity index (χ2v) is 9.56. The third-order valence-corrected chi connectivity index (χ3v) is 6.39. The van der Waals surface area contributed by atoms with E-state index >= 15 is 0 Å². The van der Waals surface area contributed by atoms with Crippen LogP contribution in [-0.2, 0) is 19.2 Å². The molecule has 0 aliphatic carbocycles. The van der Waals surface area contributed by atoms with Crippen molar-refractivity contribution in [2.45, 2.75) is 41.5 Å².